The first kappa shape index (κ1) is 43.0. The smallest absolute Gasteiger partial charge is 0.185 e. The Kier molecular flexibility index (Phi) is 19.3. The summed E-state index contributed by atoms with van der Waals surface area (Å²) in [6.07, 6.45) is 13.0. The van der Waals surface area contributed by atoms with Gasteiger partial charge in [-0.05, 0) is 113 Å². The number of hydrogen-bond donors (Lipinski definition) is 0. The normalized spacial score (nSPS) is 14.5. The second-order valence-electron chi connectivity index (χ2n) is 13.0. The van der Waals surface area contributed by atoms with E-state index in [2.05, 4.69) is 74.0 Å². The molecular weight excluding hydrogens is 646 g/mol. The van der Waals surface area contributed by atoms with E-state index in [0.717, 1.165) is 63.4 Å². The van der Waals surface area contributed by atoms with Gasteiger partial charge in [-0.1, -0.05) is 75.1 Å². The largest absolute Gasteiger partial charge is 0.355 e. The summed E-state index contributed by atoms with van der Waals surface area (Å²) in [7, 11) is 0. The molecule has 3 aromatic rings. The van der Waals surface area contributed by atoms with E-state index in [1.807, 2.05) is 50.3 Å². The molecule has 0 saturated carbocycles. The summed E-state index contributed by atoms with van der Waals surface area (Å²) in [5, 5.41) is 8.45. The van der Waals surface area contributed by atoms with Crippen LogP contribution in [0.25, 0.3) is 0 Å². The van der Waals surface area contributed by atoms with Crippen molar-refractivity contribution in [3.63, 3.8) is 0 Å². The number of anilines is 1. The summed E-state index contributed by atoms with van der Waals surface area (Å²) in [5.74, 6) is 0.698. The van der Waals surface area contributed by atoms with Gasteiger partial charge in [0.05, 0.1) is 11.6 Å². The molecule has 2 aromatic carbocycles. The van der Waals surface area contributed by atoms with Crippen molar-refractivity contribution in [2.24, 2.45) is 4.99 Å². The highest BCUT2D eigenvalue weighted by atomic mass is 19.1. The zero-order valence-electron chi connectivity index (χ0n) is 31.9. The molecule has 1 saturated heterocycles. The van der Waals surface area contributed by atoms with Gasteiger partial charge in [0.25, 0.3) is 0 Å². The minimum atomic E-state index is -0.339. The lowest BCUT2D eigenvalue weighted by Crippen LogP contribution is -2.40. The maximum atomic E-state index is 13.0. The molecule has 6 nitrogen and oxygen atoms in total. The van der Waals surface area contributed by atoms with E-state index in [9.17, 15) is 9.18 Å². The minimum absolute atomic E-state index is 0. The number of nitriles is 1. The van der Waals surface area contributed by atoms with Crippen molar-refractivity contribution in [3.8, 4) is 6.07 Å². The predicted molar refractivity (Wildman–Crippen MR) is 220 cm³/mol. The molecule has 1 fully saturated rings. The van der Waals surface area contributed by atoms with Crippen LogP contribution in [-0.4, -0.2) is 53.6 Å². The lowest BCUT2D eigenvalue weighted by molar-refractivity contribution is 0.104. The van der Waals surface area contributed by atoms with Crippen molar-refractivity contribution in [2.45, 2.75) is 72.8 Å². The van der Waals surface area contributed by atoms with Crippen LogP contribution < -0.4 is 4.90 Å². The molecule has 0 bridgehead atoms. The summed E-state index contributed by atoms with van der Waals surface area (Å²) < 4.78 is 13.0. The van der Waals surface area contributed by atoms with Crippen LogP contribution in [0.1, 0.15) is 79.8 Å². The van der Waals surface area contributed by atoms with Gasteiger partial charge in [0.15, 0.2) is 5.78 Å². The maximum Gasteiger partial charge on any atom is 0.185 e. The van der Waals surface area contributed by atoms with Crippen molar-refractivity contribution in [2.75, 3.05) is 31.1 Å². The first-order valence-electron chi connectivity index (χ1n) is 17.9. The number of ketones is 1. The third kappa shape index (κ3) is 15.0. The number of aromatic nitrogens is 1. The van der Waals surface area contributed by atoms with E-state index in [1.54, 1.807) is 30.5 Å². The van der Waals surface area contributed by atoms with Crippen LogP contribution >= 0.6 is 0 Å². The molecule has 0 radical (unpaired) electrons. The number of carbonyl (C=O) groups excluding carboxylic acids is 1. The van der Waals surface area contributed by atoms with Gasteiger partial charge < -0.3 is 4.90 Å². The molecule has 2 heterocycles. The molecule has 1 aliphatic rings. The maximum absolute atomic E-state index is 13.0. The highest BCUT2D eigenvalue weighted by Crippen LogP contribution is 2.21. The second kappa shape index (κ2) is 23.3. The highest BCUT2D eigenvalue weighted by Gasteiger charge is 2.23. The van der Waals surface area contributed by atoms with Crippen LogP contribution in [0.15, 0.2) is 122 Å². The zero-order valence-corrected chi connectivity index (χ0v) is 31.9. The van der Waals surface area contributed by atoms with E-state index >= 15 is 0 Å². The van der Waals surface area contributed by atoms with E-state index in [0.29, 0.717) is 29.2 Å². The van der Waals surface area contributed by atoms with Gasteiger partial charge >= 0.3 is 0 Å². The minimum Gasteiger partial charge on any atom is -0.355 e. The van der Waals surface area contributed by atoms with Crippen molar-refractivity contribution >= 4 is 17.3 Å². The Hall–Kier alpha value is -5.19. The van der Waals surface area contributed by atoms with Crippen LogP contribution in [0.5, 0.6) is 0 Å². The number of allylic oxidation sites excluding steroid dienone is 4. The van der Waals surface area contributed by atoms with Crippen LogP contribution in [0.2, 0.25) is 0 Å². The molecule has 4 rings (SSSR count). The Balaban J connectivity index is 0.000000502. The van der Waals surface area contributed by atoms with E-state index in [1.165, 1.54) is 34.6 Å². The number of nitrogens with zero attached hydrogens (tertiary/aromatic N) is 5. The number of hydrogen-bond acceptors (Lipinski definition) is 6. The molecule has 1 aliphatic heterocycles. The van der Waals surface area contributed by atoms with Gasteiger partial charge in [-0.2, -0.15) is 5.26 Å². The monoisotopic (exact) mass is 703 g/mol. The number of rotatable bonds is 13. The molecule has 276 valence electrons. The number of pyridine rings is 1. The first-order valence-corrected chi connectivity index (χ1v) is 17.9. The Morgan fingerprint density at radius 1 is 1.12 bits per heavy atom. The third-order valence-electron chi connectivity index (χ3n) is 8.54. The quantitative estimate of drug-likeness (QED) is 0.0583. The molecule has 0 amide bonds. The second-order valence-corrected chi connectivity index (χ2v) is 13.0. The van der Waals surface area contributed by atoms with Crippen LogP contribution in [0.3, 0.4) is 0 Å². The number of aliphatic imine (C=N–C) groups is 1. The van der Waals surface area contributed by atoms with Gasteiger partial charge in [0.1, 0.15) is 11.6 Å². The van der Waals surface area contributed by atoms with E-state index in [4.69, 9.17) is 10.2 Å². The fourth-order valence-corrected chi connectivity index (χ4v) is 5.70. The molecule has 0 N–H and O–H groups in total. The SMILES string of the molecule is C=C/C=C\N=C(C)CCC.C=CC(=O)c1ccc(C)c(CC(=C)CN2CCCN(c3cccc(C)n3)C[C@@H]2C)c1.C=CCc1ccc(C#N)cc1F.[HH]. The summed E-state index contributed by atoms with van der Waals surface area (Å²) in [6.45, 7) is 29.5. The molecule has 1 aromatic heterocycles. The lowest BCUT2D eigenvalue weighted by Gasteiger charge is -2.30. The Bertz CT molecular complexity index is 1770. The first-order chi connectivity index (χ1) is 24.9. The summed E-state index contributed by atoms with van der Waals surface area (Å²) in [5.41, 5.74) is 7.39. The number of halogens is 1. The molecule has 52 heavy (non-hydrogen) atoms. The Morgan fingerprint density at radius 3 is 2.52 bits per heavy atom. The number of carbonyl (C=O) groups is 1. The number of aryl methyl sites for hydroxylation is 2. The van der Waals surface area contributed by atoms with E-state index < -0.39 is 0 Å². The number of benzene rings is 2. The molecular formula is C45H58FN5O. The van der Waals surface area contributed by atoms with Crippen molar-refractivity contribution in [3.05, 3.63) is 156 Å². The summed E-state index contributed by atoms with van der Waals surface area (Å²) >= 11 is 0. The summed E-state index contributed by atoms with van der Waals surface area (Å²) in [6, 6.07) is 18.8. The van der Waals surface area contributed by atoms with Crippen molar-refractivity contribution < 1.29 is 10.6 Å². The van der Waals surface area contributed by atoms with Crippen LogP contribution in [0, 0.1) is 31.0 Å². The lowest BCUT2D eigenvalue weighted by atomic mass is 9.97. The van der Waals surface area contributed by atoms with Crippen molar-refractivity contribution in [1.29, 1.82) is 5.26 Å². The molecule has 0 aliphatic carbocycles. The van der Waals surface area contributed by atoms with Crippen LogP contribution in [-0.2, 0) is 12.8 Å². The third-order valence-corrected chi connectivity index (χ3v) is 8.54. The van der Waals surface area contributed by atoms with Gasteiger partial charge in [-0.15, -0.1) is 6.58 Å². The molecule has 0 unspecified atom stereocenters. The highest BCUT2D eigenvalue weighted by molar-refractivity contribution is 6.04. The standard InChI is InChI=1S/C26H33N3O.C10H8FN.C9H15N.H2/c1-6-25(30)23-12-11-20(3)24(16-23)15-19(2)17-28-13-8-14-29(18-22(28)5)26-10-7-9-21(4)27-26;1-2-3-9-5-4-8(7-12)6-10(9)11;1-4-6-8-10-9(3)7-5-2;/h6-7,9-12,16,22H,1-2,8,13-15,17-18H2,3-5H3;2,4-6H,1,3H2;4,6,8H,1,5,7H2,2-3H3;1H/b;;8-6-,10-9?;/t22-;;;/m0.../s1. The summed E-state index contributed by atoms with van der Waals surface area (Å²) in [4.78, 5) is 25.8. The molecule has 0 spiro atoms. The fourth-order valence-electron chi connectivity index (χ4n) is 5.70. The van der Waals surface area contributed by atoms with Crippen molar-refractivity contribution in [1.82, 2.24) is 9.88 Å². The average molecular weight is 704 g/mol. The fraction of sp³-hybridized carbons (Fsp3) is 0.333. The topological polar surface area (TPSA) is 72.6 Å². The average Bonchev–Trinajstić information content (AvgIpc) is 3.31. The zero-order chi connectivity index (χ0) is 38.5. The van der Waals surface area contributed by atoms with Gasteiger partial charge in [0.2, 0.25) is 0 Å². The van der Waals surface area contributed by atoms with Gasteiger partial charge in [-0.25, -0.2) is 9.37 Å². The molecule has 1 atom stereocenters. The van der Waals surface area contributed by atoms with E-state index in [-0.39, 0.29) is 13.0 Å². The Morgan fingerprint density at radius 2 is 1.88 bits per heavy atom. The Labute approximate surface area is 313 Å². The predicted octanol–water partition coefficient (Wildman–Crippen LogP) is 10.4. The molecule has 7 heteroatoms. The van der Waals surface area contributed by atoms with Gasteiger partial charge in [-0.3, -0.25) is 14.7 Å². The van der Waals surface area contributed by atoms with Gasteiger partial charge in [0, 0.05) is 56.8 Å². The van der Waals surface area contributed by atoms with Crippen LogP contribution in [0.4, 0.5) is 10.2 Å².